The Kier molecular flexibility index (Phi) is 4.24. The molecule has 1 amide bonds. The topological polar surface area (TPSA) is 62.6 Å². The van der Waals surface area contributed by atoms with Crippen molar-refractivity contribution in [3.63, 3.8) is 0 Å². The lowest BCUT2D eigenvalue weighted by Crippen LogP contribution is -2.50. The van der Waals surface area contributed by atoms with Crippen LogP contribution in [0, 0.1) is 0 Å². The summed E-state index contributed by atoms with van der Waals surface area (Å²) in [7, 11) is -3.18. The fourth-order valence-electron chi connectivity index (χ4n) is 3.05. The molecule has 1 saturated heterocycles. The minimum atomic E-state index is -3.18. The second-order valence-corrected chi connectivity index (χ2v) is 9.05. The van der Waals surface area contributed by atoms with Crippen molar-refractivity contribution in [2.24, 2.45) is 0 Å². The number of rotatable bonds is 3. The van der Waals surface area contributed by atoms with Gasteiger partial charge in [0, 0.05) is 32.2 Å². The number of amides is 1. The molecule has 0 bridgehead atoms. The molecule has 1 aliphatic rings. The molecule has 0 aromatic carbocycles. The van der Waals surface area contributed by atoms with Gasteiger partial charge < -0.3 is 9.47 Å². The van der Waals surface area contributed by atoms with Crippen LogP contribution < -0.4 is 0 Å². The van der Waals surface area contributed by atoms with E-state index in [0.717, 1.165) is 10.2 Å². The van der Waals surface area contributed by atoms with Crippen LogP contribution in [0.5, 0.6) is 0 Å². The zero-order chi connectivity index (χ0) is 16.8. The zero-order valence-corrected chi connectivity index (χ0v) is 15.2. The van der Waals surface area contributed by atoms with E-state index in [9.17, 15) is 13.2 Å². The van der Waals surface area contributed by atoms with Gasteiger partial charge in [-0.15, -0.1) is 11.3 Å². The maximum atomic E-state index is 12.9. The highest BCUT2D eigenvalue weighted by Crippen LogP contribution is 2.29. The van der Waals surface area contributed by atoms with Gasteiger partial charge in [0.1, 0.15) is 5.69 Å². The lowest BCUT2D eigenvalue weighted by Gasteiger charge is -2.33. The van der Waals surface area contributed by atoms with E-state index < -0.39 is 10.0 Å². The third-order valence-electron chi connectivity index (χ3n) is 4.19. The molecule has 1 fully saturated rings. The van der Waals surface area contributed by atoms with E-state index in [1.54, 1.807) is 16.2 Å². The Morgan fingerprint density at radius 1 is 1.22 bits per heavy atom. The molecular formula is C15H21N3O3S2. The van der Waals surface area contributed by atoms with Gasteiger partial charge in [-0.25, -0.2) is 8.42 Å². The normalized spacial score (nSPS) is 17.3. The summed E-state index contributed by atoms with van der Waals surface area (Å²) in [5.74, 6) is -0.0183. The van der Waals surface area contributed by atoms with E-state index >= 15 is 0 Å². The Morgan fingerprint density at radius 2 is 1.87 bits per heavy atom. The second-order valence-electron chi connectivity index (χ2n) is 6.12. The summed E-state index contributed by atoms with van der Waals surface area (Å²) in [4.78, 5) is 14.6. The Bertz CT molecular complexity index is 827. The molecule has 0 unspecified atom stereocenters. The number of carbonyl (C=O) groups is 1. The summed E-state index contributed by atoms with van der Waals surface area (Å²) in [6.07, 6.45) is 1.21. The molecule has 2 aromatic heterocycles. The quantitative estimate of drug-likeness (QED) is 0.846. The van der Waals surface area contributed by atoms with Gasteiger partial charge in [-0.05, 0) is 31.4 Å². The molecule has 126 valence electrons. The minimum absolute atomic E-state index is 0.0183. The third kappa shape index (κ3) is 3.02. The summed E-state index contributed by atoms with van der Waals surface area (Å²) in [6, 6.07) is 4.18. The van der Waals surface area contributed by atoms with E-state index in [1.807, 2.05) is 17.5 Å². The number of fused-ring (bicyclic) bond motifs is 1. The first-order valence-electron chi connectivity index (χ1n) is 7.62. The molecule has 0 atom stereocenters. The van der Waals surface area contributed by atoms with Crippen LogP contribution in [0.15, 0.2) is 17.5 Å². The molecule has 23 heavy (non-hydrogen) atoms. The van der Waals surface area contributed by atoms with Crippen molar-refractivity contribution < 1.29 is 13.2 Å². The number of aromatic nitrogens is 1. The van der Waals surface area contributed by atoms with Gasteiger partial charge in [0.2, 0.25) is 10.0 Å². The maximum absolute atomic E-state index is 12.9. The average Bonchev–Trinajstić information content (AvgIpc) is 3.05. The molecular weight excluding hydrogens is 334 g/mol. The number of hydrogen-bond donors (Lipinski definition) is 0. The van der Waals surface area contributed by atoms with Crippen molar-refractivity contribution in [3.05, 3.63) is 23.2 Å². The predicted octanol–water partition coefficient (Wildman–Crippen LogP) is 2.00. The minimum Gasteiger partial charge on any atom is -0.335 e. The monoisotopic (exact) mass is 355 g/mol. The van der Waals surface area contributed by atoms with Gasteiger partial charge in [-0.3, -0.25) is 4.79 Å². The van der Waals surface area contributed by atoms with Gasteiger partial charge >= 0.3 is 0 Å². The molecule has 0 saturated carbocycles. The van der Waals surface area contributed by atoms with Gasteiger partial charge in [0.05, 0.1) is 16.5 Å². The highest BCUT2D eigenvalue weighted by molar-refractivity contribution is 7.88. The molecule has 2 aromatic rings. The van der Waals surface area contributed by atoms with Crippen molar-refractivity contribution in [3.8, 4) is 0 Å². The van der Waals surface area contributed by atoms with Crippen LogP contribution in [0.2, 0.25) is 0 Å². The largest absolute Gasteiger partial charge is 0.335 e. The van der Waals surface area contributed by atoms with Crippen molar-refractivity contribution >= 4 is 37.5 Å². The Hall–Kier alpha value is -1.38. The van der Waals surface area contributed by atoms with Crippen LogP contribution in [0.1, 0.15) is 30.4 Å². The van der Waals surface area contributed by atoms with Crippen molar-refractivity contribution in [2.75, 3.05) is 32.4 Å². The summed E-state index contributed by atoms with van der Waals surface area (Å²) in [5.41, 5.74) is 1.78. The first-order valence-corrected chi connectivity index (χ1v) is 10.3. The maximum Gasteiger partial charge on any atom is 0.270 e. The van der Waals surface area contributed by atoms with Crippen molar-refractivity contribution in [2.45, 2.75) is 19.9 Å². The predicted molar refractivity (Wildman–Crippen MR) is 92.5 cm³/mol. The van der Waals surface area contributed by atoms with E-state index in [-0.39, 0.29) is 11.9 Å². The van der Waals surface area contributed by atoms with Crippen LogP contribution in [0.25, 0.3) is 10.2 Å². The molecule has 3 heterocycles. The van der Waals surface area contributed by atoms with Crippen LogP contribution in [0.4, 0.5) is 0 Å². The number of carbonyl (C=O) groups excluding carboxylic acids is 1. The second kappa shape index (κ2) is 5.92. The van der Waals surface area contributed by atoms with Crippen LogP contribution >= 0.6 is 11.3 Å². The zero-order valence-electron chi connectivity index (χ0n) is 13.5. The lowest BCUT2D eigenvalue weighted by atomic mass is 10.3. The number of piperazine rings is 1. The van der Waals surface area contributed by atoms with Gasteiger partial charge in [0.25, 0.3) is 5.91 Å². The molecule has 8 heteroatoms. The summed E-state index contributed by atoms with van der Waals surface area (Å²) in [6.45, 7) is 5.72. The van der Waals surface area contributed by atoms with Crippen molar-refractivity contribution in [1.29, 1.82) is 0 Å². The molecule has 3 rings (SSSR count). The van der Waals surface area contributed by atoms with E-state index in [4.69, 9.17) is 0 Å². The number of thiophene rings is 1. The molecule has 0 spiro atoms. The smallest absolute Gasteiger partial charge is 0.270 e. The number of sulfonamides is 1. The van der Waals surface area contributed by atoms with E-state index in [1.165, 1.54) is 10.6 Å². The van der Waals surface area contributed by atoms with Crippen LogP contribution in [0.3, 0.4) is 0 Å². The Morgan fingerprint density at radius 3 is 2.43 bits per heavy atom. The van der Waals surface area contributed by atoms with Crippen LogP contribution in [-0.4, -0.2) is 60.5 Å². The summed E-state index contributed by atoms with van der Waals surface area (Å²) >= 11 is 1.63. The van der Waals surface area contributed by atoms with Gasteiger partial charge in [-0.1, -0.05) is 0 Å². The van der Waals surface area contributed by atoms with Gasteiger partial charge in [-0.2, -0.15) is 4.31 Å². The standard InChI is InChI=1S/C15H21N3O3S2/c1-11(2)18-12-4-9-22-14(12)10-13(18)15(19)16-5-7-17(8-6-16)23(3,20)21/h4,9-11H,5-8H2,1-3H3. The van der Waals surface area contributed by atoms with E-state index in [0.29, 0.717) is 31.9 Å². The first-order chi connectivity index (χ1) is 10.8. The van der Waals surface area contributed by atoms with Crippen molar-refractivity contribution in [1.82, 2.24) is 13.8 Å². The highest BCUT2D eigenvalue weighted by atomic mass is 32.2. The molecule has 6 nitrogen and oxygen atoms in total. The number of nitrogens with zero attached hydrogens (tertiary/aromatic N) is 3. The van der Waals surface area contributed by atoms with Crippen LogP contribution in [-0.2, 0) is 10.0 Å². The average molecular weight is 355 g/mol. The van der Waals surface area contributed by atoms with Gasteiger partial charge in [0.15, 0.2) is 0 Å². The highest BCUT2D eigenvalue weighted by Gasteiger charge is 2.29. The fraction of sp³-hybridized carbons (Fsp3) is 0.533. The lowest BCUT2D eigenvalue weighted by molar-refractivity contribution is 0.0686. The fourth-order valence-corrected chi connectivity index (χ4v) is 4.69. The molecule has 0 aliphatic carbocycles. The molecule has 0 N–H and O–H groups in total. The first kappa shape index (κ1) is 16.5. The SMILES string of the molecule is CC(C)n1c(C(=O)N2CCN(S(C)(=O)=O)CC2)cc2sccc21. The Labute approximate surface area is 140 Å². The third-order valence-corrected chi connectivity index (χ3v) is 6.35. The summed E-state index contributed by atoms with van der Waals surface area (Å²) < 4.78 is 27.8. The summed E-state index contributed by atoms with van der Waals surface area (Å²) in [5, 5.41) is 2.03. The molecule has 1 aliphatic heterocycles. The van der Waals surface area contributed by atoms with E-state index in [2.05, 4.69) is 18.4 Å². The molecule has 0 radical (unpaired) electrons. The Balaban J connectivity index is 1.84. The number of hydrogen-bond acceptors (Lipinski definition) is 4.